The quantitative estimate of drug-likeness (QED) is 0.326. The summed E-state index contributed by atoms with van der Waals surface area (Å²) in [6.45, 7) is -1.03. The van der Waals surface area contributed by atoms with Gasteiger partial charge in [-0.25, -0.2) is 9.18 Å². The SMILES string of the molecule is COC[C@@]1(F)C[C@@H](C(=O)OCc2ccccc2)N(C(=O)CNC(=O)c2ccc3c(c2)Oc2ccccc2S3)C1. The molecule has 1 saturated heterocycles. The number of carbonyl (C=O) groups excluding carboxylic acids is 3. The molecule has 0 bridgehead atoms. The molecule has 0 aliphatic carbocycles. The second-order valence-corrected chi connectivity index (χ2v) is 10.5. The monoisotopic (exact) mass is 550 g/mol. The van der Waals surface area contributed by atoms with Crippen molar-refractivity contribution >= 4 is 29.5 Å². The average molecular weight is 551 g/mol. The van der Waals surface area contributed by atoms with Crippen LogP contribution in [0.3, 0.4) is 0 Å². The van der Waals surface area contributed by atoms with Gasteiger partial charge in [0, 0.05) is 19.1 Å². The molecule has 2 heterocycles. The second-order valence-electron chi connectivity index (χ2n) is 9.41. The van der Waals surface area contributed by atoms with Gasteiger partial charge in [-0.2, -0.15) is 0 Å². The Morgan fingerprint density at radius 1 is 1.05 bits per heavy atom. The van der Waals surface area contributed by atoms with Crippen LogP contribution in [-0.2, 0) is 25.7 Å². The second kappa shape index (κ2) is 11.5. The standard InChI is InChI=1S/C29H27FN2O6S/c1-36-18-29(30)14-21(28(35)37-16-19-7-3-2-4-8-19)32(17-29)26(33)15-31-27(34)20-11-12-25-23(13-20)38-22-9-5-6-10-24(22)39-25/h2-13,21H,14-18H2,1H3,(H,31,34)/t21-,29+/m0/s1. The first-order valence-electron chi connectivity index (χ1n) is 12.4. The Bertz CT molecular complexity index is 1390. The lowest BCUT2D eigenvalue weighted by atomic mass is 10.0. The molecule has 8 nitrogen and oxygen atoms in total. The molecular formula is C29H27FN2O6S. The average Bonchev–Trinajstić information content (AvgIpc) is 3.31. The Balaban J connectivity index is 1.23. The van der Waals surface area contributed by atoms with E-state index in [-0.39, 0.29) is 26.2 Å². The molecule has 0 unspecified atom stereocenters. The van der Waals surface area contributed by atoms with Crippen molar-refractivity contribution in [1.82, 2.24) is 10.2 Å². The number of nitrogens with one attached hydrogen (secondary N) is 1. The molecule has 2 atom stereocenters. The third-order valence-electron chi connectivity index (χ3n) is 6.50. The van der Waals surface area contributed by atoms with E-state index in [0.717, 1.165) is 20.3 Å². The maximum atomic E-state index is 15.4. The van der Waals surface area contributed by atoms with Crippen LogP contribution in [0, 0.1) is 0 Å². The molecular weight excluding hydrogens is 523 g/mol. The maximum Gasteiger partial charge on any atom is 0.329 e. The van der Waals surface area contributed by atoms with Gasteiger partial charge in [0.1, 0.15) is 24.1 Å². The fourth-order valence-corrected chi connectivity index (χ4v) is 5.56. The van der Waals surface area contributed by atoms with Gasteiger partial charge >= 0.3 is 5.97 Å². The van der Waals surface area contributed by atoms with E-state index in [1.165, 1.54) is 7.11 Å². The van der Waals surface area contributed by atoms with Gasteiger partial charge in [-0.3, -0.25) is 9.59 Å². The number of alkyl halides is 1. The predicted molar refractivity (Wildman–Crippen MR) is 141 cm³/mol. The van der Waals surface area contributed by atoms with Gasteiger partial charge in [0.05, 0.1) is 29.5 Å². The number of carbonyl (C=O) groups is 3. The fourth-order valence-electron chi connectivity index (χ4n) is 4.63. The minimum Gasteiger partial charge on any atom is -0.459 e. The van der Waals surface area contributed by atoms with Crippen molar-refractivity contribution in [2.45, 2.75) is 34.5 Å². The topological polar surface area (TPSA) is 94.2 Å². The minimum absolute atomic E-state index is 0.00165. The third-order valence-corrected chi connectivity index (χ3v) is 7.62. The summed E-state index contributed by atoms with van der Waals surface area (Å²) in [5.74, 6) is -0.560. The van der Waals surface area contributed by atoms with E-state index in [0.29, 0.717) is 17.1 Å². The summed E-state index contributed by atoms with van der Waals surface area (Å²) in [5.41, 5.74) is -0.830. The van der Waals surface area contributed by atoms with E-state index in [1.807, 2.05) is 42.5 Å². The van der Waals surface area contributed by atoms with Crippen LogP contribution in [0.5, 0.6) is 11.5 Å². The zero-order valence-electron chi connectivity index (χ0n) is 21.2. The summed E-state index contributed by atoms with van der Waals surface area (Å²) in [5, 5.41) is 2.58. The Morgan fingerprint density at radius 2 is 1.79 bits per heavy atom. The molecule has 5 rings (SSSR count). The van der Waals surface area contributed by atoms with Gasteiger partial charge in [0.25, 0.3) is 5.91 Å². The van der Waals surface area contributed by atoms with Crippen LogP contribution in [0.4, 0.5) is 4.39 Å². The molecule has 39 heavy (non-hydrogen) atoms. The fraction of sp³-hybridized carbons (Fsp3) is 0.276. The van der Waals surface area contributed by atoms with E-state index >= 15 is 4.39 Å². The highest BCUT2D eigenvalue weighted by atomic mass is 32.2. The molecule has 1 N–H and O–H groups in total. The number of para-hydroxylation sites is 1. The van der Waals surface area contributed by atoms with Gasteiger partial charge in [-0.1, -0.05) is 54.2 Å². The number of esters is 1. The molecule has 3 aromatic carbocycles. The Labute approximate surface area is 229 Å². The first-order valence-corrected chi connectivity index (χ1v) is 13.2. The van der Waals surface area contributed by atoms with Gasteiger partial charge in [-0.05, 0) is 35.9 Å². The summed E-state index contributed by atoms with van der Waals surface area (Å²) in [7, 11) is 1.36. The summed E-state index contributed by atoms with van der Waals surface area (Å²) in [6.07, 6.45) is -0.255. The van der Waals surface area contributed by atoms with Crippen LogP contribution in [0.2, 0.25) is 0 Å². The smallest absolute Gasteiger partial charge is 0.329 e. The molecule has 0 aromatic heterocycles. The van der Waals surface area contributed by atoms with Crippen molar-refractivity contribution in [3.05, 3.63) is 83.9 Å². The Morgan fingerprint density at radius 3 is 2.59 bits per heavy atom. The normalized spacial score (nSPS) is 19.4. The summed E-state index contributed by atoms with van der Waals surface area (Å²) in [6, 6.07) is 20.6. The first-order chi connectivity index (χ1) is 18.8. The highest BCUT2D eigenvalue weighted by Crippen LogP contribution is 2.46. The molecule has 2 aliphatic heterocycles. The highest BCUT2D eigenvalue weighted by Gasteiger charge is 2.50. The number of methoxy groups -OCH3 is 1. The van der Waals surface area contributed by atoms with E-state index in [1.54, 1.807) is 42.1 Å². The first kappa shape index (κ1) is 26.7. The molecule has 2 amide bonds. The molecule has 0 spiro atoms. The number of amides is 2. The summed E-state index contributed by atoms with van der Waals surface area (Å²) >= 11 is 1.54. The largest absolute Gasteiger partial charge is 0.459 e. The van der Waals surface area contributed by atoms with Crippen molar-refractivity contribution in [3.8, 4) is 11.5 Å². The van der Waals surface area contributed by atoms with E-state index in [9.17, 15) is 14.4 Å². The number of halogens is 1. The molecule has 2 aliphatic rings. The minimum atomic E-state index is -1.91. The number of nitrogens with zero attached hydrogens (tertiary/aromatic N) is 1. The van der Waals surface area contributed by atoms with Crippen LogP contribution in [0.15, 0.2) is 82.6 Å². The van der Waals surface area contributed by atoms with Gasteiger partial charge in [0.2, 0.25) is 5.91 Å². The van der Waals surface area contributed by atoms with Gasteiger partial charge in [-0.15, -0.1) is 0 Å². The van der Waals surface area contributed by atoms with Crippen molar-refractivity contribution < 1.29 is 33.0 Å². The molecule has 0 radical (unpaired) electrons. The molecule has 10 heteroatoms. The lowest BCUT2D eigenvalue weighted by Gasteiger charge is -2.23. The molecule has 1 fully saturated rings. The van der Waals surface area contributed by atoms with Crippen molar-refractivity contribution in [3.63, 3.8) is 0 Å². The van der Waals surface area contributed by atoms with Crippen molar-refractivity contribution in [2.24, 2.45) is 0 Å². The lowest BCUT2D eigenvalue weighted by molar-refractivity contribution is -0.154. The summed E-state index contributed by atoms with van der Waals surface area (Å²) < 4.78 is 31.7. The highest BCUT2D eigenvalue weighted by molar-refractivity contribution is 7.99. The number of hydrogen-bond donors (Lipinski definition) is 1. The van der Waals surface area contributed by atoms with E-state index in [4.69, 9.17) is 14.2 Å². The maximum absolute atomic E-state index is 15.4. The van der Waals surface area contributed by atoms with Crippen LogP contribution in [-0.4, -0.2) is 61.2 Å². The van der Waals surface area contributed by atoms with Crippen molar-refractivity contribution in [2.75, 3.05) is 26.8 Å². The molecule has 0 saturated carbocycles. The summed E-state index contributed by atoms with van der Waals surface area (Å²) in [4.78, 5) is 41.8. The molecule has 3 aromatic rings. The van der Waals surface area contributed by atoms with Gasteiger partial charge < -0.3 is 24.4 Å². The molecule has 202 valence electrons. The zero-order chi connectivity index (χ0) is 27.4. The van der Waals surface area contributed by atoms with E-state index < -0.39 is 36.0 Å². The Hall–Kier alpha value is -3.89. The van der Waals surface area contributed by atoms with Crippen LogP contribution >= 0.6 is 11.8 Å². The Kier molecular flexibility index (Phi) is 7.85. The number of rotatable bonds is 8. The number of likely N-dealkylation sites (tertiary alicyclic amines) is 1. The number of ether oxygens (including phenoxy) is 3. The number of benzene rings is 3. The van der Waals surface area contributed by atoms with Crippen LogP contribution in [0.25, 0.3) is 0 Å². The lowest BCUT2D eigenvalue weighted by Crippen LogP contribution is -2.46. The third kappa shape index (κ3) is 6.07. The van der Waals surface area contributed by atoms with E-state index in [2.05, 4.69) is 5.32 Å². The number of fused-ring (bicyclic) bond motifs is 2. The predicted octanol–water partition coefficient (Wildman–Crippen LogP) is 4.37. The van der Waals surface area contributed by atoms with Crippen molar-refractivity contribution in [1.29, 1.82) is 0 Å². The van der Waals surface area contributed by atoms with Gasteiger partial charge in [0.15, 0.2) is 5.67 Å². The zero-order valence-corrected chi connectivity index (χ0v) is 22.0. The number of hydrogen-bond acceptors (Lipinski definition) is 7. The van der Waals surface area contributed by atoms with Crippen LogP contribution in [0.1, 0.15) is 22.3 Å². The van der Waals surface area contributed by atoms with Crippen LogP contribution < -0.4 is 10.1 Å².